The van der Waals surface area contributed by atoms with Gasteiger partial charge in [-0.25, -0.2) is 15.8 Å². The van der Waals surface area contributed by atoms with Crippen molar-refractivity contribution >= 4 is 22.4 Å². The summed E-state index contributed by atoms with van der Waals surface area (Å²) in [5, 5.41) is 3.32. The lowest BCUT2D eigenvalue weighted by Crippen LogP contribution is -2.39. The third-order valence-electron chi connectivity index (χ3n) is 1.35. The Labute approximate surface area is 80.1 Å². The number of hydrogen-bond donors (Lipinski definition) is 1. The Hall–Kier alpha value is -0.980. The second-order valence-corrected chi connectivity index (χ2v) is 3.30. The molecule has 0 unspecified atom stereocenters. The molecule has 0 aliphatic carbocycles. The standard InChI is InChI=1S/C7H11N3O2S/c1-5-4-13-7(9-5)10(8)6(11)3-12-2/h4H,3,8H2,1-2H3. The van der Waals surface area contributed by atoms with E-state index in [2.05, 4.69) is 9.72 Å². The Balaban J connectivity index is 2.67. The zero-order valence-corrected chi connectivity index (χ0v) is 8.30. The Bertz CT molecular complexity index is 300. The highest BCUT2D eigenvalue weighted by atomic mass is 32.1. The van der Waals surface area contributed by atoms with Crippen molar-refractivity contribution in [2.75, 3.05) is 18.7 Å². The summed E-state index contributed by atoms with van der Waals surface area (Å²) in [6.45, 7) is 1.81. The van der Waals surface area contributed by atoms with Gasteiger partial charge in [0.05, 0.1) is 5.69 Å². The van der Waals surface area contributed by atoms with E-state index in [0.29, 0.717) is 5.13 Å². The van der Waals surface area contributed by atoms with Crippen LogP contribution in [0.4, 0.5) is 5.13 Å². The summed E-state index contributed by atoms with van der Waals surface area (Å²) in [4.78, 5) is 15.3. The molecule has 1 aromatic heterocycles. The lowest BCUT2D eigenvalue weighted by molar-refractivity contribution is -0.122. The maximum Gasteiger partial charge on any atom is 0.269 e. The van der Waals surface area contributed by atoms with Crippen LogP contribution >= 0.6 is 11.3 Å². The zero-order chi connectivity index (χ0) is 9.84. The van der Waals surface area contributed by atoms with Gasteiger partial charge >= 0.3 is 0 Å². The average molecular weight is 201 g/mol. The molecule has 5 nitrogen and oxygen atoms in total. The molecule has 0 saturated carbocycles. The van der Waals surface area contributed by atoms with Crippen LogP contribution in [0.15, 0.2) is 5.38 Å². The van der Waals surface area contributed by atoms with Crippen molar-refractivity contribution in [1.82, 2.24) is 4.98 Å². The maximum absolute atomic E-state index is 11.2. The Morgan fingerprint density at radius 2 is 2.54 bits per heavy atom. The molecule has 1 aromatic rings. The van der Waals surface area contributed by atoms with E-state index in [4.69, 9.17) is 5.84 Å². The minimum Gasteiger partial charge on any atom is -0.375 e. The molecule has 0 radical (unpaired) electrons. The van der Waals surface area contributed by atoms with Gasteiger partial charge in [0.1, 0.15) is 6.61 Å². The third kappa shape index (κ3) is 2.48. The molecule has 0 aromatic carbocycles. The fraction of sp³-hybridized carbons (Fsp3) is 0.429. The first-order valence-electron chi connectivity index (χ1n) is 3.64. The summed E-state index contributed by atoms with van der Waals surface area (Å²) in [7, 11) is 1.44. The lowest BCUT2D eigenvalue weighted by Gasteiger charge is -2.11. The number of aromatic nitrogens is 1. The van der Waals surface area contributed by atoms with Crippen molar-refractivity contribution in [2.24, 2.45) is 5.84 Å². The summed E-state index contributed by atoms with van der Waals surface area (Å²) in [5.41, 5.74) is 0.848. The van der Waals surface area contributed by atoms with Crippen LogP contribution in [0.25, 0.3) is 0 Å². The summed E-state index contributed by atoms with van der Waals surface area (Å²) >= 11 is 1.33. The second-order valence-electron chi connectivity index (χ2n) is 2.47. The predicted molar refractivity (Wildman–Crippen MR) is 50.4 cm³/mol. The number of carbonyl (C=O) groups is 1. The number of hydrazine groups is 1. The largest absolute Gasteiger partial charge is 0.375 e. The molecule has 13 heavy (non-hydrogen) atoms. The minimum absolute atomic E-state index is 0.0326. The lowest BCUT2D eigenvalue weighted by atomic mass is 10.6. The van der Waals surface area contributed by atoms with Gasteiger partial charge in [0.15, 0.2) is 0 Å². The van der Waals surface area contributed by atoms with Gasteiger partial charge in [-0.2, -0.15) is 0 Å². The number of hydrogen-bond acceptors (Lipinski definition) is 5. The Morgan fingerprint density at radius 1 is 1.85 bits per heavy atom. The first-order chi connectivity index (χ1) is 6.15. The molecule has 6 heteroatoms. The number of methoxy groups -OCH3 is 1. The van der Waals surface area contributed by atoms with E-state index in [0.717, 1.165) is 10.7 Å². The summed E-state index contributed by atoms with van der Waals surface area (Å²) < 4.78 is 4.66. The van der Waals surface area contributed by atoms with Crippen molar-refractivity contribution in [3.8, 4) is 0 Å². The number of aryl methyl sites for hydroxylation is 1. The van der Waals surface area contributed by atoms with E-state index < -0.39 is 0 Å². The molecule has 1 amide bonds. The normalized spacial score (nSPS) is 10.1. The van der Waals surface area contributed by atoms with Crippen LogP contribution in [0.3, 0.4) is 0 Å². The summed E-state index contributed by atoms with van der Waals surface area (Å²) in [6.07, 6.45) is 0. The SMILES string of the molecule is COCC(=O)N(N)c1nc(C)cs1. The first-order valence-corrected chi connectivity index (χ1v) is 4.52. The average Bonchev–Trinajstić information content (AvgIpc) is 2.51. The maximum atomic E-state index is 11.2. The molecule has 72 valence electrons. The number of thiazole rings is 1. The van der Waals surface area contributed by atoms with Crippen LogP contribution in [0.5, 0.6) is 0 Å². The monoisotopic (exact) mass is 201 g/mol. The highest BCUT2D eigenvalue weighted by Crippen LogP contribution is 2.17. The Kier molecular flexibility index (Phi) is 3.35. The van der Waals surface area contributed by atoms with Crippen molar-refractivity contribution in [3.05, 3.63) is 11.1 Å². The molecule has 1 heterocycles. The number of nitrogens with zero attached hydrogens (tertiary/aromatic N) is 2. The van der Waals surface area contributed by atoms with Gasteiger partial charge in [0.25, 0.3) is 5.91 Å². The van der Waals surface area contributed by atoms with Gasteiger partial charge in [-0.1, -0.05) is 0 Å². The van der Waals surface area contributed by atoms with E-state index in [1.165, 1.54) is 18.4 Å². The third-order valence-corrected chi connectivity index (χ3v) is 2.31. The van der Waals surface area contributed by atoms with Crippen LogP contribution in [0, 0.1) is 6.92 Å². The summed E-state index contributed by atoms with van der Waals surface area (Å²) in [6, 6.07) is 0. The van der Waals surface area contributed by atoms with Crippen LogP contribution in [-0.2, 0) is 9.53 Å². The molecular formula is C7H11N3O2S. The van der Waals surface area contributed by atoms with Crippen molar-refractivity contribution in [1.29, 1.82) is 0 Å². The van der Waals surface area contributed by atoms with Gasteiger partial charge in [0.2, 0.25) is 5.13 Å². The quantitative estimate of drug-likeness (QED) is 0.434. The van der Waals surface area contributed by atoms with Gasteiger partial charge in [-0.15, -0.1) is 11.3 Å². The van der Waals surface area contributed by atoms with Crippen LogP contribution in [0.2, 0.25) is 0 Å². The number of anilines is 1. The molecule has 0 spiro atoms. The molecule has 0 saturated heterocycles. The summed E-state index contributed by atoms with van der Waals surface area (Å²) in [5.74, 6) is 5.18. The molecule has 2 N–H and O–H groups in total. The van der Waals surface area contributed by atoms with Crippen molar-refractivity contribution < 1.29 is 9.53 Å². The fourth-order valence-corrected chi connectivity index (χ4v) is 1.49. The topological polar surface area (TPSA) is 68.5 Å². The van der Waals surface area contributed by atoms with Gasteiger partial charge in [0, 0.05) is 12.5 Å². The molecule has 0 bridgehead atoms. The van der Waals surface area contributed by atoms with E-state index in [1.54, 1.807) is 0 Å². The van der Waals surface area contributed by atoms with E-state index in [-0.39, 0.29) is 12.5 Å². The van der Waals surface area contributed by atoms with Crippen LogP contribution in [-0.4, -0.2) is 24.6 Å². The van der Waals surface area contributed by atoms with Crippen LogP contribution in [0.1, 0.15) is 5.69 Å². The Morgan fingerprint density at radius 3 is 3.00 bits per heavy atom. The number of carbonyl (C=O) groups excluding carboxylic acids is 1. The fourth-order valence-electron chi connectivity index (χ4n) is 0.752. The smallest absolute Gasteiger partial charge is 0.269 e. The van der Waals surface area contributed by atoms with E-state index in [1.807, 2.05) is 12.3 Å². The highest BCUT2D eigenvalue weighted by molar-refractivity contribution is 7.13. The number of ether oxygens (including phenoxy) is 1. The molecule has 0 fully saturated rings. The molecule has 0 aliphatic rings. The zero-order valence-electron chi connectivity index (χ0n) is 7.48. The molecule has 0 atom stereocenters. The van der Waals surface area contributed by atoms with Crippen molar-refractivity contribution in [3.63, 3.8) is 0 Å². The first kappa shape index (κ1) is 10.1. The van der Waals surface area contributed by atoms with Crippen LogP contribution < -0.4 is 10.9 Å². The van der Waals surface area contributed by atoms with Gasteiger partial charge in [-0.3, -0.25) is 4.79 Å². The number of rotatable bonds is 3. The number of amides is 1. The minimum atomic E-state index is -0.308. The van der Waals surface area contributed by atoms with E-state index >= 15 is 0 Å². The molecule has 1 rings (SSSR count). The highest BCUT2D eigenvalue weighted by Gasteiger charge is 2.13. The molecule has 0 aliphatic heterocycles. The predicted octanol–water partition coefficient (Wildman–Crippen LogP) is 0.305. The van der Waals surface area contributed by atoms with Crippen molar-refractivity contribution in [2.45, 2.75) is 6.92 Å². The second kappa shape index (κ2) is 4.31. The van der Waals surface area contributed by atoms with Gasteiger partial charge < -0.3 is 4.74 Å². The number of nitrogens with two attached hydrogens (primary N) is 1. The molecular weight excluding hydrogens is 190 g/mol. The van der Waals surface area contributed by atoms with E-state index in [9.17, 15) is 4.79 Å². The van der Waals surface area contributed by atoms with Gasteiger partial charge in [-0.05, 0) is 6.92 Å².